The number of nitrogen functional groups attached to an aromatic ring is 1. The molecule has 0 radical (unpaired) electrons. The molecule has 0 amide bonds. The van der Waals surface area contributed by atoms with Crippen molar-refractivity contribution in [3.63, 3.8) is 0 Å². The van der Waals surface area contributed by atoms with E-state index < -0.39 is 0 Å². The fourth-order valence-corrected chi connectivity index (χ4v) is 1.49. The number of hydrogen-bond acceptors (Lipinski definition) is 2. The summed E-state index contributed by atoms with van der Waals surface area (Å²) in [5.41, 5.74) is 7.20. The van der Waals surface area contributed by atoms with Crippen LogP contribution in [0.1, 0.15) is 5.56 Å². The third-order valence-electron chi connectivity index (χ3n) is 2.08. The van der Waals surface area contributed by atoms with Crippen molar-refractivity contribution in [1.82, 2.24) is 4.57 Å². The van der Waals surface area contributed by atoms with Gasteiger partial charge in [-0.2, -0.15) is 5.26 Å². The lowest BCUT2D eigenvalue weighted by Gasteiger charge is -2.04. The van der Waals surface area contributed by atoms with Crippen LogP contribution in [0.3, 0.4) is 0 Å². The minimum Gasteiger partial charge on any atom is -0.385 e. The average Bonchev–Trinajstić information content (AvgIpc) is 2.61. The summed E-state index contributed by atoms with van der Waals surface area (Å²) in [5, 5.41) is 9.40. The van der Waals surface area contributed by atoms with Crippen LogP contribution in [0, 0.1) is 11.3 Å². The van der Waals surface area contributed by atoms with Crippen LogP contribution in [0.15, 0.2) is 36.5 Å². The SMILES string of the molecule is N#Cc1cc(N)n(-c2ccc(Cl)cc2)c1. The number of nitrogens with zero attached hydrogens (tertiary/aromatic N) is 2. The maximum atomic E-state index is 8.73. The van der Waals surface area contributed by atoms with E-state index in [1.54, 1.807) is 29.0 Å². The van der Waals surface area contributed by atoms with Crippen molar-refractivity contribution in [2.75, 3.05) is 5.73 Å². The number of hydrogen-bond donors (Lipinski definition) is 1. The van der Waals surface area contributed by atoms with E-state index in [9.17, 15) is 0 Å². The molecule has 3 nitrogen and oxygen atoms in total. The second kappa shape index (κ2) is 3.68. The number of halogens is 1. The second-order valence-corrected chi connectivity index (χ2v) is 3.55. The van der Waals surface area contributed by atoms with Crippen molar-refractivity contribution in [2.24, 2.45) is 0 Å². The molecule has 0 aliphatic carbocycles. The first-order valence-electron chi connectivity index (χ1n) is 4.34. The molecule has 1 heterocycles. The van der Waals surface area contributed by atoms with Crippen LogP contribution in [0.2, 0.25) is 5.02 Å². The van der Waals surface area contributed by atoms with Gasteiger partial charge in [0.25, 0.3) is 0 Å². The molecule has 15 heavy (non-hydrogen) atoms. The maximum Gasteiger partial charge on any atom is 0.109 e. The zero-order valence-corrected chi connectivity index (χ0v) is 8.57. The topological polar surface area (TPSA) is 54.7 Å². The summed E-state index contributed by atoms with van der Waals surface area (Å²) in [5.74, 6) is 0.536. The smallest absolute Gasteiger partial charge is 0.109 e. The van der Waals surface area contributed by atoms with Crippen LogP contribution in [0.4, 0.5) is 5.82 Å². The monoisotopic (exact) mass is 217 g/mol. The predicted molar refractivity (Wildman–Crippen MR) is 59.9 cm³/mol. The van der Waals surface area contributed by atoms with Gasteiger partial charge >= 0.3 is 0 Å². The van der Waals surface area contributed by atoms with E-state index >= 15 is 0 Å². The summed E-state index contributed by atoms with van der Waals surface area (Å²) in [4.78, 5) is 0. The minimum atomic E-state index is 0.536. The van der Waals surface area contributed by atoms with Gasteiger partial charge in [-0.1, -0.05) is 11.6 Å². The van der Waals surface area contributed by atoms with Gasteiger partial charge in [0.05, 0.1) is 5.56 Å². The molecule has 0 spiro atoms. The molecule has 1 aromatic heterocycles. The number of anilines is 1. The van der Waals surface area contributed by atoms with Gasteiger partial charge in [0.15, 0.2) is 0 Å². The van der Waals surface area contributed by atoms with Crippen molar-refractivity contribution < 1.29 is 0 Å². The largest absolute Gasteiger partial charge is 0.385 e. The summed E-state index contributed by atoms with van der Waals surface area (Å²) >= 11 is 5.78. The molecular weight excluding hydrogens is 210 g/mol. The number of nitrogens with two attached hydrogens (primary N) is 1. The summed E-state index contributed by atoms with van der Waals surface area (Å²) in [6, 6.07) is 10.9. The molecule has 0 unspecified atom stereocenters. The molecule has 0 atom stereocenters. The molecule has 2 rings (SSSR count). The molecule has 0 saturated carbocycles. The van der Waals surface area contributed by atoms with E-state index in [-0.39, 0.29) is 0 Å². The van der Waals surface area contributed by atoms with Crippen molar-refractivity contribution in [3.8, 4) is 11.8 Å². The molecular formula is C11H8ClN3. The van der Waals surface area contributed by atoms with Gasteiger partial charge in [0, 0.05) is 16.9 Å². The fraction of sp³-hybridized carbons (Fsp3) is 0. The van der Waals surface area contributed by atoms with Crippen LogP contribution in [-0.4, -0.2) is 4.57 Å². The highest BCUT2D eigenvalue weighted by molar-refractivity contribution is 6.30. The summed E-state index contributed by atoms with van der Waals surface area (Å²) in [6.45, 7) is 0. The van der Waals surface area contributed by atoms with E-state index in [2.05, 4.69) is 0 Å². The molecule has 74 valence electrons. The Morgan fingerprint density at radius 2 is 1.93 bits per heavy atom. The van der Waals surface area contributed by atoms with Crippen LogP contribution < -0.4 is 5.73 Å². The quantitative estimate of drug-likeness (QED) is 0.798. The van der Waals surface area contributed by atoms with Gasteiger partial charge < -0.3 is 10.3 Å². The Labute approximate surface area is 92.3 Å². The molecule has 2 aromatic rings. The molecule has 1 aromatic carbocycles. The molecule has 0 fully saturated rings. The van der Waals surface area contributed by atoms with Gasteiger partial charge in [0.2, 0.25) is 0 Å². The van der Waals surface area contributed by atoms with E-state index in [4.69, 9.17) is 22.6 Å². The highest BCUT2D eigenvalue weighted by Crippen LogP contribution is 2.19. The van der Waals surface area contributed by atoms with Crippen LogP contribution in [0.25, 0.3) is 5.69 Å². The Morgan fingerprint density at radius 3 is 2.47 bits per heavy atom. The third-order valence-corrected chi connectivity index (χ3v) is 2.34. The van der Waals surface area contributed by atoms with E-state index in [0.717, 1.165) is 5.69 Å². The normalized spacial score (nSPS) is 9.87. The lowest BCUT2D eigenvalue weighted by molar-refractivity contribution is 1.09. The van der Waals surface area contributed by atoms with Gasteiger partial charge in [-0.3, -0.25) is 0 Å². The highest BCUT2D eigenvalue weighted by Gasteiger charge is 2.03. The first kappa shape index (κ1) is 9.63. The van der Waals surface area contributed by atoms with E-state index in [1.807, 2.05) is 18.2 Å². The molecule has 0 aliphatic heterocycles. The number of nitriles is 1. The van der Waals surface area contributed by atoms with Gasteiger partial charge in [-0.25, -0.2) is 0 Å². The molecule has 0 saturated heterocycles. The molecule has 0 bridgehead atoms. The third kappa shape index (κ3) is 1.80. The van der Waals surface area contributed by atoms with Gasteiger partial charge in [0.1, 0.15) is 11.9 Å². The highest BCUT2D eigenvalue weighted by atomic mass is 35.5. The van der Waals surface area contributed by atoms with E-state index in [0.29, 0.717) is 16.4 Å². The average molecular weight is 218 g/mol. The Balaban J connectivity index is 2.50. The summed E-state index contributed by atoms with van der Waals surface area (Å²) in [6.07, 6.45) is 1.69. The van der Waals surface area contributed by atoms with Gasteiger partial charge in [-0.15, -0.1) is 0 Å². The zero-order chi connectivity index (χ0) is 10.8. The molecule has 2 N–H and O–H groups in total. The lowest BCUT2D eigenvalue weighted by Crippen LogP contribution is -1.97. The maximum absolute atomic E-state index is 8.73. The Morgan fingerprint density at radius 1 is 1.27 bits per heavy atom. The van der Waals surface area contributed by atoms with Gasteiger partial charge in [-0.05, 0) is 30.3 Å². The van der Waals surface area contributed by atoms with Crippen LogP contribution in [0.5, 0.6) is 0 Å². The van der Waals surface area contributed by atoms with Crippen LogP contribution >= 0.6 is 11.6 Å². The van der Waals surface area contributed by atoms with Crippen LogP contribution in [-0.2, 0) is 0 Å². The number of rotatable bonds is 1. The standard InChI is InChI=1S/C11H8ClN3/c12-9-1-3-10(4-2-9)15-7-8(6-13)5-11(15)14/h1-5,7H,14H2. The van der Waals surface area contributed by atoms with Crippen molar-refractivity contribution in [1.29, 1.82) is 5.26 Å². The summed E-state index contributed by atoms with van der Waals surface area (Å²) < 4.78 is 1.74. The Bertz CT molecular complexity index is 520. The first-order chi connectivity index (χ1) is 7.20. The first-order valence-corrected chi connectivity index (χ1v) is 4.72. The zero-order valence-electron chi connectivity index (χ0n) is 7.81. The lowest BCUT2D eigenvalue weighted by atomic mass is 10.3. The number of benzene rings is 1. The molecule has 4 heteroatoms. The fourth-order valence-electron chi connectivity index (χ4n) is 1.37. The molecule has 0 aliphatic rings. The van der Waals surface area contributed by atoms with E-state index in [1.165, 1.54) is 0 Å². The van der Waals surface area contributed by atoms with Crippen molar-refractivity contribution >= 4 is 17.4 Å². The van der Waals surface area contributed by atoms with Crippen molar-refractivity contribution in [3.05, 3.63) is 47.1 Å². The Kier molecular flexibility index (Phi) is 2.36. The Hall–Kier alpha value is -1.92. The predicted octanol–water partition coefficient (Wildman–Crippen LogP) is 2.58. The second-order valence-electron chi connectivity index (χ2n) is 3.11. The van der Waals surface area contributed by atoms with Crippen molar-refractivity contribution in [2.45, 2.75) is 0 Å². The summed E-state index contributed by atoms with van der Waals surface area (Å²) in [7, 11) is 0. The number of aromatic nitrogens is 1. The minimum absolute atomic E-state index is 0.536.